The van der Waals surface area contributed by atoms with Crippen LogP contribution in [0.5, 0.6) is 0 Å². The second-order valence-electron chi connectivity index (χ2n) is 10.5. The summed E-state index contributed by atoms with van der Waals surface area (Å²) in [5, 5.41) is 52.8. The van der Waals surface area contributed by atoms with E-state index in [0.29, 0.717) is 12.1 Å². The summed E-state index contributed by atoms with van der Waals surface area (Å²) in [7, 11) is 0. The lowest BCUT2D eigenvalue weighted by Crippen LogP contribution is -2.35. The van der Waals surface area contributed by atoms with Crippen LogP contribution in [0.25, 0.3) is 34.2 Å². The molecule has 1 amide bonds. The van der Waals surface area contributed by atoms with Crippen molar-refractivity contribution in [2.45, 2.75) is 12.4 Å². The van der Waals surface area contributed by atoms with Gasteiger partial charge in [-0.05, 0) is 48.5 Å². The number of pyridine rings is 1. The Morgan fingerprint density at radius 2 is 1.06 bits per heavy atom. The summed E-state index contributed by atoms with van der Waals surface area (Å²) in [4.78, 5) is 41.7. The van der Waals surface area contributed by atoms with E-state index in [1.165, 1.54) is 12.1 Å². The quantitative estimate of drug-likeness (QED) is 0.145. The molecule has 2 aromatic carbocycles. The minimum absolute atomic E-state index is 0.104. The molecule has 3 heterocycles. The first kappa shape index (κ1) is 36.1. The number of carboxylic acid groups (broad SMARTS) is 2. The smallest absolute Gasteiger partial charge is 0.417 e. The SMILES string of the molecule is O=C(O)c1ccc(-n2cc(-c3cc(C(=O)N(CCO)CCO)cc(-c4cn(-c5ccc(C(=O)O)c(C(F)(F)F)c5)nn4)n3)nn2)cc1C(F)(F)F. The molecule has 0 unspecified atom stereocenters. The van der Waals surface area contributed by atoms with Gasteiger partial charge in [0.2, 0.25) is 0 Å². The van der Waals surface area contributed by atoms with Crippen molar-refractivity contribution in [3.8, 4) is 34.2 Å². The van der Waals surface area contributed by atoms with Gasteiger partial charge in [0.25, 0.3) is 5.91 Å². The third-order valence-electron chi connectivity index (χ3n) is 7.22. The number of aliphatic hydroxyl groups is 2. The summed E-state index contributed by atoms with van der Waals surface area (Å²) >= 11 is 0. The number of aliphatic hydroxyl groups excluding tert-OH is 2. The van der Waals surface area contributed by atoms with Crippen molar-refractivity contribution in [3.63, 3.8) is 0 Å². The van der Waals surface area contributed by atoms with Crippen molar-refractivity contribution in [3.05, 3.63) is 88.7 Å². The topological polar surface area (TPSA) is 210 Å². The molecule has 0 aliphatic heterocycles. The molecule has 15 nitrogen and oxygen atoms in total. The highest BCUT2D eigenvalue weighted by molar-refractivity contribution is 5.96. The van der Waals surface area contributed by atoms with Crippen LogP contribution in [-0.4, -0.2) is 104 Å². The zero-order chi connectivity index (χ0) is 37.2. The van der Waals surface area contributed by atoms with Gasteiger partial charge in [0.1, 0.15) is 11.4 Å². The molecular weight excluding hydrogens is 698 g/mol. The van der Waals surface area contributed by atoms with E-state index in [-0.39, 0.29) is 52.8 Å². The monoisotopic (exact) mass is 720 g/mol. The molecule has 0 radical (unpaired) electrons. The Morgan fingerprint density at radius 3 is 1.41 bits per heavy atom. The minimum Gasteiger partial charge on any atom is -0.478 e. The number of benzene rings is 2. The Bertz CT molecular complexity index is 1990. The number of hydrogen-bond acceptors (Lipinski definition) is 10. The van der Waals surface area contributed by atoms with Crippen LogP contribution >= 0.6 is 0 Å². The average Bonchev–Trinajstić information content (AvgIpc) is 3.78. The number of rotatable bonds is 11. The Labute approximate surface area is 280 Å². The molecule has 0 aliphatic rings. The lowest BCUT2D eigenvalue weighted by molar-refractivity contribution is -0.138. The van der Waals surface area contributed by atoms with Gasteiger partial charge in [-0.1, -0.05) is 10.4 Å². The predicted octanol–water partition coefficient (Wildman–Crippen LogP) is 3.44. The molecule has 0 atom stereocenters. The summed E-state index contributed by atoms with van der Waals surface area (Å²) in [6.45, 7) is -1.33. The maximum Gasteiger partial charge on any atom is 0.417 e. The molecule has 21 heteroatoms. The fraction of sp³-hybridized carbons (Fsp3) is 0.200. The lowest BCUT2D eigenvalue weighted by atomic mass is 10.1. The maximum atomic E-state index is 13.6. The van der Waals surface area contributed by atoms with Crippen LogP contribution in [0.4, 0.5) is 26.3 Å². The van der Waals surface area contributed by atoms with E-state index in [1.54, 1.807) is 0 Å². The van der Waals surface area contributed by atoms with E-state index in [1.807, 2.05) is 0 Å². The fourth-order valence-corrected chi connectivity index (χ4v) is 4.86. The highest BCUT2D eigenvalue weighted by Crippen LogP contribution is 2.35. The molecule has 0 fully saturated rings. The molecule has 0 aliphatic carbocycles. The number of aromatic nitrogens is 7. The van der Waals surface area contributed by atoms with Gasteiger partial charge < -0.3 is 25.3 Å². The van der Waals surface area contributed by atoms with Gasteiger partial charge in [-0.25, -0.2) is 23.9 Å². The zero-order valence-electron chi connectivity index (χ0n) is 25.5. The number of amides is 1. The van der Waals surface area contributed by atoms with Crippen molar-refractivity contribution < 1.29 is 61.2 Å². The molecule has 51 heavy (non-hydrogen) atoms. The van der Waals surface area contributed by atoms with E-state index in [9.17, 15) is 61.2 Å². The molecule has 0 spiro atoms. The van der Waals surface area contributed by atoms with Crippen molar-refractivity contribution >= 4 is 17.8 Å². The Kier molecular flexibility index (Phi) is 9.87. The Morgan fingerprint density at radius 1 is 0.647 bits per heavy atom. The molecule has 3 aromatic heterocycles. The van der Waals surface area contributed by atoms with Gasteiger partial charge in [-0.3, -0.25) is 4.79 Å². The number of halogens is 6. The van der Waals surface area contributed by atoms with Gasteiger partial charge in [0.15, 0.2) is 0 Å². The standard InChI is InChI=1S/C30H22F6N8O7/c31-29(32,33)20-11-16(1-3-18(20)27(48)49)43-13-24(38-40-43)22-9-15(26(47)42(5-7-45)6-8-46)10-23(37-22)25-14-44(41-39-25)17-2-4-19(28(50)51)21(12-17)30(34,35)36/h1-4,9-14,45-46H,5-8H2,(H,48,49)(H,50,51). The molecule has 4 N–H and O–H groups in total. The minimum atomic E-state index is -5.03. The maximum absolute atomic E-state index is 13.6. The lowest BCUT2D eigenvalue weighted by Gasteiger charge is -2.21. The summed E-state index contributed by atoms with van der Waals surface area (Å²) in [6, 6.07) is 7.14. The number of nitrogens with zero attached hydrogens (tertiary/aromatic N) is 8. The van der Waals surface area contributed by atoms with Crippen LogP contribution in [0.3, 0.4) is 0 Å². The van der Waals surface area contributed by atoms with Gasteiger partial charge in [-0.2, -0.15) is 26.3 Å². The third-order valence-corrected chi connectivity index (χ3v) is 7.22. The third kappa shape index (κ3) is 7.68. The van der Waals surface area contributed by atoms with Gasteiger partial charge in [0.05, 0.1) is 70.6 Å². The van der Waals surface area contributed by atoms with Crippen molar-refractivity contribution in [2.75, 3.05) is 26.3 Å². The van der Waals surface area contributed by atoms with Crippen LogP contribution < -0.4 is 0 Å². The van der Waals surface area contributed by atoms with E-state index < -0.39 is 65.7 Å². The second kappa shape index (κ2) is 14.0. The number of carbonyl (C=O) groups is 3. The summed E-state index contributed by atoms with van der Waals surface area (Å²) in [5.41, 5.74) is -5.90. The van der Waals surface area contributed by atoms with Gasteiger partial charge >= 0.3 is 24.3 Å². The number of carbonyl (C=O) groups excluding carboxylic acids is 1. The summed E-state index contributed by atoms with van der Waals surface area (Å²) in [6.07, 6.45) is -7.79. The molecule has 0 bridgehead atoms. The predicted molar refractivity (Wildman–Crippen MR) is 159 cm³/mol. The van der Waals surface area contributed by atoms with E-state index in [2.05, 4.69) is 25.6 Å². The molecular formula is C30H22F6N8O7. The zero-order valence-corrected chi connectivity index (χ0v) is 25.5. The van der Waals surface area contributed by atoms with Gasteiger partial charge in [0, 0.05) is 18.7 Å². The molecule has 0 saturated carbocycles. The van der Waals surface area contributed by atoms with E-state index >= 15 is 0 Å². The van der Waals surface area contributed by atoms with Crippen molar-refractivity contribution in [1.29, 1.82) is 0 Å². The fourth-order valence-electron chi connectivity index (χ4n) is 4.86. The normalized spacial score (nSPS) is 11.8. The van der Waals surface area contributed by atoms with Crippen molar-refractivity contribution in [2.24, 2.45) is 0 Å². The number of aromatic carboxylic acids is 2. The largest absolute Gasteiger partial charge is 0.478 e. The Hall–Kier alpha value is -6.22. The first-order valence-corrected chi connectivity index (χ1v) is 14.3. The van der Waals surface area contributed by atoms with Crippen LogP contribution in [0.2, 0.25) is 0 Å². The first-order valence-electron chi connectivity index (χ1n) is 14.3. The van der Waals surface area contributed by atoms with Gasteiger partial charge in [-0.15, -0.1) is 10.2 Å². The highest BCUT2D eigenvalue weighted by Gasteiger charge is 2.37. The average molecular weight is 721 g/mol. The summed E-state index contributed by atoms with van der Waals surface area (Å²) < 4.78 is 83.6. The number of carboxylic acids is 2. The van der Waals surface area contributed by atoms with E-state index in [4.69, 9.17) is 0 Å². The molecule has 0 saturated heterocycles. The second-order valence-corrected chi connectivity index (χ2v) is 10.5. The number of alkyl halides is 6. The van der Waals surface area contributed by atoms with Crippen LogP contribution in [0.1, 0.15) is 42.2 Å². The highest BCUT2D eigenvalue weighted by atomic mass is 19.4. The van der Waals surface area contributed by atoms with Crippen LogP contribution in [0, 0.1) is 0 Å². The van der Waals surface area contributed by atoms with Crippen molar-refractivity contribution in [1.82, 2.24) is 39.9 Å². The first-order chi connectivity index (χ1) is 24.0. The number of hydrogen-bond donors (Lipinski definition) is 4. The molecule has 266 valence electrons. The Balaban J connectivity index is 1.60. The molecule has 5 aromatic rings. The molecule has 5 rings (SSSR count). The van der Waals surface area contributed by atoms with Crippen LogP contribution in [0.15, 0.2) is 60.9 Å². The van der Waals surface area contributed by atoms with E-state index in [0.717, 1.165) is 50.9 Å². The summed E-state index contributed by atoms with van der Waals surface area (Å²) in [5.74, 6) is -4.34. The van der Waals surface area contributed by atoms with Crippen LogP contribution in [-0.2, 0) is 12.4 Å².